The molecule has 2 heterocycles. The zero-order chi connectivity index (χ0) is 11.0. The summed E-state index contributed by atoms with van der Waals surface area (Å²) in [5, 5.41) is 12.7. The predicted molar refractivity (Wildman–Crippen MR) is 66.2 cm³/mol. The summed E-state index contributed by atoms with van der Waals surface area (Å²) in [5.41, 5.74) is 1.03. The van der Waals surface area contributed by atoms with Gasteiger partial charge in [0.25, 0.3) is 0 Å². The molecule has 0 radical (unpaired) electrons. The summed E-state index contributed by atoms with van der Waals surface area (Å²) in [5.74, 6) is 0.0983. The number of para-hydroxylation sites is 1. The molecule has 0 saturated heterocycles. The number of hydrogen-bond acceptors (Lipinski definition) is 5. The quantitative estimate of drug-likeness (QED) is 0.758. The van der Waals surface area contributed by atoms with Crippen LogP contribution in [-0.2, 0) is 6.42 Å². The standard InChI is InChI=1S/C11H8N2OS2/c14-9-6-15-10(13-9)5-11-12-7-3-1-2-4-8(7)16-11/h1-4,6,14H,5H2. The molecule has 0 aliphatic rings. The van der Waals surface area contributed by atoms with Crippen LogP contribution >= 0.6 is 22.7 Å². The van der Waals surface area contributed by atoms with Gasteiger partial charge in [-0.3, -0.25) is 0 Å². The van der Waals surface area contributed by atoms with Gasteiger partial charge in [0.15, 0.2) is 0 Å². The number of aromatic hydroxyl groups is 1. The first-order valence-corrected chi connectivity index (χ1v) is 6.49. The molecule has 0 bridgehead atoms. The van der Waals surface area contributed by atoms with Gasteiger partial charge in [0, 0.05) is 0 Å². The smallest absolute Gasteiger partial charge is 0.222 e. The zero-order valence-electron chi connectivity index (χ0n) is 8.25. The Labute approximate surface area is 100 Å². The van der Waals surface area contributed by atoms with E-state index in [1.807, 2.05) is 18.2 Å². The van der Waals surface area contributed by atoms with Crippen molar-refractivity contribution < 1.29 is 5.11 Å². The third kappa shape index (κ3) is 1.79. The Morgan fingerprint density at radius 3 is 2.75 bits per heavy atom. The molecular weight excluding hydrogens is 240 g/mol. The van der Waals surface area contributed by atoms with Crippen LogP contribution in [0.1, 0.15) is 10.0 Å². The highest BCUT2D eigenvalue weighted by Crippen LogP contribution is 2.25. The van der Waals surface area contributed by atoms with Crippen molar-refractivity contribution in [2.45, 2.75) is 6.42 Å². The molecule has 0 amide bonds. The molecule has 2 aromatic heterocycles. The maximum Gasteiger partial charge on any atom is 0.222 e. The summed E-state index contributed by atoms with van der Waals surface area (Å²) in [6, 6.07) is 8.07. The van der Waals surface area contributed by atoms with E-state index in [9.17, 15) is 0 Å². The Balaban J connectivity index is 1.95. The lowest BCUT2D eigenvalue weighted by Crippen LogP contribution is -1.84. The molecule has 0 unspecified atom stereocenters. The van der Waals surface area contributed by atoms with Gasteiger partial charge in [0.2, 0.25) is 5.88 Å². The van der Waals surface area contributed by atoms with E-state index in [4.69, 9.17) is 5.11 Å². The van der Waals surface area contributed by atoms with Gasteiger partial charge in [-0.25, -0.2) is 9.97 Å². The number of benzene rings is 1. The Bertz CT molecular complexity index is 596. The van der Waals surface area contributed by atoms with E-state index in [2.05, 4.69) is 16.0 Å². The van der Waals surface area contributed by atoms with Crippen LogP contribution in [0.25, 0.3) is 10.2 Å². The topological polar surface area (TPSA) is 46.0 Å². The molecule has 0 spiro atoms. The van der Waals surface area contributed by atoms with Gasteiger partial charge in [-0.05, 0) is 12.1 Å². The lowest BCUT2D eigenvalue weighted by atomic mass is 10.3. The summed E-state index contributed by atoms with van der Waals surface area (Å²) in [7, 11) is 0. The van der Waals surface area contributed by atoms with Crippen molar-refractivity contribution in [1.29, 1.82) is 0 Å². The molecule has 5 heteroatoms. The molecule has 3 rings (SSSR count). The minimum Gasteiger partial charge on any atom is -0.493 e. The van der Waals surface area contributed by atoms with Crippen molar-refractivity contribution in [1.82, 2.24) is 9.97 Å². The maximum atomic E-state index is 9.15. The molecule has 1 N–H and O–H groups in total. The van der Waals surface area contributed by atoms with E-state index >= 15 is 0 Å². The van der Waals surface area contributed by atoms with Crippen LogP contribution in [0.4, 0.5) is 0 Å². The minimum atomic E-state index is 0.0983. The first kappa shape index (κ1) is 9.74. The third-order valence-corrected chi connectivity index (χ3v) is 4.05. The number of aromatic nitrogens is 2. The number of fused-ring (bicyclic) bond motifs is 1. The summed E-state index contributed by atoms with van der Waals surface area (Å²) in [4.78, 5) is 8.54. The van der Waals surface area contributed by atoms with E-state index in [0.717, 1.165) is 15.5 Å². The molecule has 0 atom stereocenters. The van der Waals surface area contributed by atoms with Crippen molar-refractivity contribution in [2.24, 2.45) is 0 Å². The average Bonchev–Trinajstić information content (AvgIpc) is 2.84. The molecule has 0 saturated carbocycles. The molecule has 0 fully saturated rings. The Kier molecular flexibility index (Phi) is 2.34. The van der Waals surface area contributed by atoms with E-state index in [-0.39, 0.29) is 5.88 Å². The van der Waals surface area contributed by atoms with E-state index in [0.29, 0.717) is 6.42 Å². The zero-order valence-corrected chi connectivity index (χ0v) is 9.88. The normalized spacial score (nSPS) is 11.0. The second-order valence-corrected chi connectivity index (χ2v) is 5.41. The van der Waals surface area contributed by atoms with Gasteiger partial charge in [-0.15, -0.1) is 22.7 Å². The first-order valence-electron chi connectivity index (χ1n) is 4.79. The van der Waals surface area contributed by atoms with Crippen molar-refractivity contribution in [3.8, 4) is 5.88 Å². The predicted octanol–water partition coefficient (Wildman–Crippen LogP) is 3.05. The molecule has 3 nitrogen and oxygen atoms in total. The summed E-state index contributed by atoms with van der Waals surface area (Å²) in [6.07, 6.45) is 0.699. The Morgan fingerprint density at radius 2 is 2.00 bits per heavy atom. The van der Waals surface area contributed by atoms with Crippen LogP contribution in [0, 0.1) is 0 Å². The maximum absolute atomic E-state index is 9.15. The number of rotatable bonds is 2. The molecule has 16 heavy (non-hydrogen) atoms. The Hall–Kier alpha value is -1.46. The Morgan fingerprint density at radius 1 is 1.12 bits per heavy atom. The van der Waals surface area contributed by atoms with Crippen molar-refractivity contribution in [3.05, 3.63) is 39.7 Å². The van der Waals surface area contributed by atoms with Gasteiger partial charge in [-0.1, -0.05) is 12.1 Å². The van der Waals surface area contributed by atoms with Crippen molar-refractivity contribution >= 4 is 32.9 Å². The first-order chi connectivity index (χ1) is 7.81. The number of nitrogens with zero attached hydrogens (tertiary/aromatic N) is 2. The minimum absolute atomic E-state index is 0.0983. The highest BCUT2D eigenvalue weighted by molar-refractivity contribution is 7.18. The highest BCUT2D eigenvalue weighted by atomic mass is 32.1. The summed E-state index contributed by atoms with van der Waals surface area (Å²) >= 11 is 3.14. The van der Waals surface area contributed by atoms with Crippen LogP contribution in [0.5, 0.6) is 5.88 Å². The molecule has 0 aliphatic carbocycles. The fraction of sp³-hybridized carbons (Fsp3) is 0.0909. The second kappa shape index (κ2) is 3.84. The van der Waals surface area contributed by atoms with Gasteiger partial charge >= 0.3 is 0 Å². The van der Waals surface area contributed by atoms with Crippen molar-refractivity contribution in [2.75, 3.05) is 0 Å². The van der Waals surface area contributed by atoms with E-state index < -0.39 is 0 Å². The number of thiazole rings is 2. The number of hydrogen-bond donors (Lipinski definition) is 1. The van der Waals surface area contributed by atoms with Gasteiger partial charge in [-0.2, -0.15) is 0 Å². The van der Waals surface area contributed by atoms with Gasteiger partial charge < -0.3 is 5.11 Å². The van der Waals surface area contributed by atoms with Crippen LogP contribution in [0.2, 0.25) is 0 Å². The monoisotopic (exact) mass is 248 g/mol. The average molecular weight is 248 g/mol. The lowest BCUT2D eigenvalue weighted by molar-refractivity contribution is 0.456. The van der Waals surface area contributed by atoms with Crippen molar-refractivity contribution in [3.63, 3.8) is 0 Å². The van der Waals surface area contributed by atoms with Crippen LogP contribution in [0.3, 0.4) is 0 Å². The van der Waals surface area contributed by atoms with E-state index in [1.165, 1.54) is 16.0 Å². The van der Waals surface area contributed by atoms with Gasteiger partial charge in [0.1, 0.15) is 10.0 Å². The molecule has 0 aliphatic heterocycles. The SMILES string of the molecule is Oc1csc(Cc2nc3ccccc3s2)n1. The summed E-state index contributed by atoms with van der Waals surface area (Å²) in [6.45, 7) is 0. The largest absolute Gasteiger partial charge is 0.493 e. The van der Waals surface area contributed by atoms with Crippen LogP contribution in [0.15, 0.2) is 29.6 Å². The van der Waals surface area contributed by atoms with Crippen LogP contribution < -0.4 is 0 Å². The van der Waals surface area contributed by atoms with E-state index in [1.54, 1.807) is 16.7 Å². The molecule has 3 aromatic rings. The second-order valence-electron chi connectivity index (χ2n) is 3.35. The molecule has 1 aromatic carbocycles. The fourth-order valence-corrected chi connectivity index (χ4v) is 3.23. The lowest BCUT2D eigenvalue weighted by Gasteiger charge is -1.88. The third-order valence-electron chi connectivity index (χ3n) is 2.18. The fourth-order valence-electron chi connectivity index (χ4n) is 1.51. The summed E-state index contributed by atoms with van der Waals surface area (Å²) < 4.78 is 1.19. The van der Waals surface area contributed by atoms with Gasteiger partial charge in [0.05, 0.1) is 22.0 Å². The van der Waals surface area contributed by atoms with Crippen LogP contribution in [-0.4, -0.2) is 15.1 Å². The molecular formula is C11H8N2OS2. The highest BCUT2D eigenvalue weighted by Gasteiger charge is 2.07. The molecule has 80 valence electrons.